The van der Waals surface area contributed by atoms with E-state index in [1.165, 1.54) is 33.5 Å². The molecule has 2 amide bonds. The normalized spacial score (nSPS) is 10.0. The van der Waals surface area contributed by atoms with Crippen molar-refractivity contribution in [2.45, 2.75) is 0 Å². The number of nitrogens with zero attached hydrogens (tertiary/aromatic N) is 1. The van der Waals surface area contributed by atoms with Crippen molar-refractivity contribution in [3.8, 4) is 23.0 Å². The van der Waals surface area contributed by atoms with Crippen LogP contribution in [0.3, 0.4) is 0 Å². The first kappa shape index (κ1) is 21.3. The molecule has 0 bridgehead atoms. The van der Waals surface area contributed by atoms with Crippen LogP contribution in [0, 0.1) is 10.1 Å². The van der Waals surface area contributed by atoms with Gasteiger partial charge in [0.05, 0.1) is 26.3 Å². The Morgan fingerprint density at radius 1 is 1.10 bits per heavy atom. The van der Waals surface area contributed by atoms with E-state index >= 15 is 0 Å². The van der Waals surface area contributed by atoms with Gasteiger partial charge in [-0.2, -0.15) is 0 Å². The van der Waals surface area contributed by atoms with Gasteiger partial charge in [-0.3, -0.25) is 19.7 Å². The minimum atomic E-state index is -0.789. The van der Waals surface area contributed by atoms with Gasteiger partial charge in [0.25, 0.3) is 11.8 Å². The summed E-state index contributed by atoms with van der Waals surface area (Å²) in [7, 11) is 3.83. The summed E-state index contributed by atoms with van der Waals surface area (Å²) in [4.78, 5) is 34.5. The van der Waals surface area contributed by atoms with Gasteiger partial charge in [-0.25, -0.2) is 0 Å². The molecule has 2 aromatic rings. The number of benzene rings is 2. The van der Waals surface area contributed by atoms with Gasteiger partial charge < -0.3 is 30.0 Å². The van der Waals surface area contributed by atoms with Crippen LogP contribution in [0.25, 0.3) is 0 Å². The zero-order valence-corrected chi connectivity index (χ0v) is 15.9. The first-order valence-corrected chi connectivity index (χ1v) is 8.12. The fourth-order valence-corrected chi connectivity index (χ4v) is 2.51. The van der Waals surface area contributed by atoms with Gasteiger partial charge in [0.15, 0.2) is 12.4 Å². The summed E-state index contributed by atoms with van der Waals surface area (Å²) >= 11 is 0. The SMILES string of the molecule is COc1cc(C(=O)Nc2cccc(OCC(N)=O)c2)c([N+](=O)[O-])c(OC)c1OC. The van der Waals surface area contributed by atoms with E-state index in [9.17, 15) is 19.7 Å². The number of methoxy groups -OCH3 is 3. The van der Waals surface area contributed by atoms with E-state index in [0.717, 1.165) is 0 Å². The number of amides is 2. The fourth-order valence-electron chi connectivity index (χ4n) is 2.51. The summed E-state index contributed by atoms with van der Waals surface area (Å²) < 4.78 is 20.5. The van der Waals surface area contributed by atoms with Gasteiger partial charge in [-0.1, -0.05) is 6.07 Å². The Hall–Kier alpha value is -4.02. The number of hydrogen-bond donors (Lipinski definition) is 2. The molecule has 3 N–H and O–H groups in total. The lowest BCUT2D eigenvalue weighted by atomic mass is 10.1. The van der Waals surface area contributed by atoms with Crippen molar-refractivity contribution in [2.24, 2.45) is 5.73 Å². The van der Waals surface area contributed by atoms with E-state index in [0.29, 0.717) is 0 Å². The maximum Gasteiger partial charge on any atom is 0.327 e. The number of carbonyl (C=O) groups excluding carboxylic acids is 2. The molecule has 0 aromatic heterocycles. The van der Waals surface area contributed by atoms with Crippen molar-refractivity contribution < 1.29 is 33.5 Å². The lowest BCUT2D eigenvalue weighted by Gasteiger charge is -2.15. The predicted molar refractivity (Wildman–Crippen MR) is 102 cm³/mol. The molecule has 0 aliphatic carbocycles. The molecule has 0 unspecified atom stereocenters. The summed E-state index contributed by atoms with van der Waals surface area (Å²) in [5, 5.41) is 14.1. The second kappa shape index (κ2) is 9.26. The molecule has 0 atom stereocenters. The molecule has 2 rings (SSSR count). The Labute approximate surface area is 165 Å². The lowest BCUT2D eigenvalue weighted by Crippen LogP contribution is -2.20. The standard InChI is InChI=1S/C18H19N3O8/c1-26-13-8-12(15(21(24)25)17(28-3)16(13)27-2)18(23)20-10-5-4-6-11(7-10)29-9-14(19)22/h4-8H,9H2,1-3H3,(H2,19,22)(H,20,23). The van der Waals surface area contributed by atoms with Gasteiger partial charge in [0.2, 0.25) is 11.5 Å². The molecule has 0 aliphatic rings. The maximum atomic E-state index is 12.8. The molecule has 0 aliphatic heterocycles. The second-order valence-corrected chi connectivity index (χ2v) is 5.54. The van der Waals surface area contributed by atoms with Crippen molar-refractivity contribution in [2.75, 3.05) is 33.3 Å². The average Bonchev–Trinajstić information content (AvgIpc) is 2.70. The number of ether oxygens (including phenoxy) is 4. The molecule has 29 heavy (non-hydrogen) atoms. The largest absolute Gasteiger partial charge is 0.493 e. The maximum absolute atomic E-state index is 12.8. The molecule has 0 saturated heterocycles. The summed E-state index contributed by atoms with van der Waals surface area (Å²) in [5.74, 6) is -1.35. The fraction of sp³-hybridized carbons (Fsp3) is 0.222. The molecular weight excluding hydrogens is 386 g/mol. The Balaban J connectivity index is 2.44. The number of hydrogen-bond acceptors (Lipinski definition) is 8. The number of nitro benzene ring substituents is 1. The average molecular weight is 405 g/mol. The summed E-state index contributed by atoms with van der Waals surface area (Å²) in [6, 6.07) is 7.28. The van der Waals surface area contributed by atoms with Crippen molar-refractivity contribution >= 4 is 23.2 Å². The lowest BCUT2D eigenvalue weighted by molar-refractivity contribution is -0.386. The Bertz CT molecular complexity index is 945. The molecule has 0 saturated carbocycles. The number of nitrogens with one attached hydrogen (secondary N) is 1. The van der Waals surface area contributed by atoms with Crippen molar-refractivity contribution in [3.05, 3.63) is 46.0 Å². The topological polar surface area (TPSA) is 152 Å². The molecule has 0 spiro atoms. The molecule has 0 fully saturated rings. The molecule has 0 heterocycles. The third-order valence-corrected chi connectivity index (χ3v) is 3.70. The number of nitro groups is 1. The Morgan fingerprint density at radius 2 is 1.79 bits per heavy atom. The molecule has 11 nitrogen and oxygen atoms in total. The van der Waals surface area contributed by atoms with Crippen LogP contribution >= 0.6 is 0 Å². The molecule has 11 heteroatoms. The van der Waals surface area contributed by atoms with Crippen LogP contribution in [-0.2, 0) is 4.79 Å². The predicted octanol–water partition coefficient (Wildman–Crippen LogP) is 1.74. The van der Waals surface area contributed by atoms with Crippen LogP contribution in [0.1, 0.15) is 10.4 Å². The first-order chi connectivity index (χ1) is 13.8. The smallest absolute Gasteiger partial charge is 0.327 e. The van der Waals surface area contributed by atoms with E-state index in [1.807, 2.05) is 0 Å². The van der Waals surface area contributed by atoms with Gasteiger partial charge in [-0.15, -0.1) is 0 Å². The van der Waals surface area contributed by atoms with Crippen molar-refractivity contribution in [3.63, 3.8) is 0 Å². The Kier molecular flexibility index (Phi) is 6.80. The number of carbonyl (C=O) groups is 2. The quantitative estimate of drug-likeness (QED) is 0.472. The van der Waals surface area contributed by atoms with Crippen LogP contribution in [0.15, 0.2) is 30.3 Å². The highest BCUT2D eigenvalue weighted by molar-refractivity contribution is 6.08. The molecule has 0 radical (unpaired) electrons. The highest BCUT2D eigenvalue weighted by Gasteiger charge is 2.32. The zero-order chi connectivity index (χ0) is 21.6. The van der Waals surface area contributed by atoms with Crippen LogP contribution in [0.5, 0.6) is 23.0 Å². The molecule has 154 valence electrons. The Morgan fingerprint density at radius 3 is 2.34 bits per heavy atom. The van der Waals surface area contributed by atoms with Crippen molar-refractivity contribution in [1.82, 2.24) is 0 Å². The molecule has 2 aromatic carbocycles. The number of anilines is 1. The number of rotatable bonds is 9. The van der Waals surface area contributed by atoms with Gasteiger partial charge in [0.1, 0.15) is 11.3 Å². The molecular formula is C18H19N3O8. The van der Waals surface area contributed by atoms with E-state index in [2.05, 4.69) is 5.32 Å². The van der Waals surface area contributed by atoms with Crippen LogP contribution in [-0.4, -0.2) is 44.7 Å². The van der Waals surface area contributed by atoms with Crippen LogP contribution in [0.2, 0.25) is 0 Å². The highest BCUT2D eigenvalue weighted by atomic mass is 16.6. The first-order valence-electron chi connectivity index (χ1n) is 8.12. The summed E-state index contributed by atoms with van der Waals surface area (Å²) in [5.41, 5.74) is 4.43. The van der Waals surface area contributed by atoms with Crippen LogP contribution in [0.4, 0.5) is 11.4 Å². The summed E-state index contributed by atoms with van der Waals surface area (Å²) in [6.07, 6.45) is 0. The van der Waals surface area contributed by atoms with E-state index in [4.69, 9.17) is 24.7 Å². The third-order valence-electron chi connectivity index (χ3n) is 3.70. The van der Waals surface area contributed by atoms with Gasteiger partial charge in [-0.05, 0) is 12.1 Å². The minimum Gasteiger partial charge on any atom is -0.493 e. The monoisotopic (exact) mass is 405 g/mol. The van der Waals surface area contributed by atoms with E-state index in [-0.39, 0.29) is 40.9 Å². The van der Waals surface area contributed by atoms with E-state index < -0.39 is 22.4 Å². The van der Waals surface area contributed by atoms with Gasteiger partial charge >= 0.3 is 5.69 Å². The number of nitrogens with two attached hydrogens (primary N) is 1. The zero-order valence-electron chi connectivity index (χ0n) is 15.9. The number of primary amides is 1. The van der Waals surface area contributed by atoms with Gasteiger partial charge in [0, 0.05) is 17.8 Å². The van der Waals surface area contributed by atoms with Crippen LogP contribution < -0.4 is 30.0 Å². The van der Waals surface area contributed by atoms with Crippen molar-refractivity contribution in [1.29, 1.82) is 0 Å². The minimum absolute atomic E-state index is 0.0138. The van der Waals surface area contributed by atoms with E-state index in [1.54, 1.807) is 18.2 Å². The highest BCUT2D eigenvalue weighted by Crippen LogP contribution is 2.46. The summed E-state index contributed by atoms with van der Waals surface area (Å²) in [6.45, 7) is -0.338. The second-order valence-electron chi connectivity index (χ2n) is 5.54. The third kappa shape index (κ3) is 4.83.